The van der Waals surface area contributed by atoms with Crippen molar-refractivity contribution in [2.24, 2.45) is 0 Å². The number of nitrogens with zero attached hydrogens (tertiary/aromatic N) is 1. The van der Waals surface area contributed by atoms with Gasteiger partial charge in [0, 0.05) is 12.1 Å². The Labute approximate surface area is 148 Å². The maximum Gasteiger partial charge on any atom is 0.265 e. The quantitative estimate of drug-likeness (QED) is 0.733. The van der Waals surface area contributed by atoms with Crippen molar-refractivity contribution in [1.29, 1.82) is 0 Å². The summed E-state index contributed by atoms with van der Waals surface area (Å²) in [6.07, 6.45) is 0. The number of nitrogens with one attached hydrogen (secondary N) is 1. The third kappa shape index (κ3) is 3.77. The van der Waals surface area contributed by atoms with Gasteiger partial charge in [-0.25, -0.2) is 4.39 Å². The number of anilines is 1. The van der Waals surface area contributed by atoms with Crippen molar-refractivity contribution >= 4 is 23.1 Å². The zero-order chi connectivity index (χ0) is 17.8. The fraction of sp³-hybridized carbons (Fsp3) is 0.111. The molecule has 25 heavy (non-hydrogen) atoms. The Morgan fingerprint density at radius 2 is 2.04 bits per heavy atom. The van der Waals surface area contributed by atoms with Crippen LogP contribution in [0.15, 0.2) is 48.5 Å². The second-order valence-corrected chi connectivity index (χ2v) is 6.09. The molecule has 0 fully saturated rings. The van der Waals surface area contributed by atoms with Crippen molar-refractivity contribution in [2.45, 2.75) is 6.54 Å². The van der Waals surface area contributed by atoms with E-state index >= 15 is 0 Å². The smallest absolute Gasteiger partial charge is 0.265 e. The fourth-order valence-corrected chi connectivity index (χ4v) is 3.06. The highest BCUT2D eigenvalue weighted by Gasteiger charge is 2.18. The Bertz CT molecular complexity index is 894. The number of nitrogens with two attached hydrogens (primary N) is 1. The molecule has 1 heterocycles. The summed E-state index contributed by atoms with van der Waals surface area (Å²) in [5, 5.41) is 2.82. The first-order valence-electron chi connectivity index (χ1n) is 7.50. The number of aromatic nitrogens is 1. The minimum absolute atomic E-state index is 0.291. The van der Waals surface area contributed by atoms with Crippen molar-refractivity contribution in [3.05, 3.63) is 64.8 Å². The second kappa shape index (κ2) is 7.31. The van der Waals surface area contributed by atoms with Gasteiger partial charge in [0.2, 0.25) is 0 Å². The molecule has 3 rings (SSSR count). The molecule has 0 bridgehead atoms. The van der Waals surface area contributed by atoms with Gasteiger partial charge in [0.25, 0.3) is 5.91 Å². The van der Waals surface area contributed by atoms with Gasteiger partial charge in [-0.3, -0.25) is 4.79 Å². The van der Waals surface area contributed by atoms with E-state index in [2.05, 4.69) is 9.69 Å². The highest BCUT2D eigenvalue weighted by atomic mass is 32.1. The molecular formula is C18H16FN3O2S. The summed E-state index contributed by atoms with van der Waals surface area (Å²) in [4.78, 5) is 12.7. The third-order valence-corrected chi connectivity index (χ3v) is 4.50. The molecule has 0 aliphatic carbocycles. The molecule has 7 heteroatoms. The van der Waals surface area contributed by atoms with Crippen LogP contribution in [0, 0.1) is 5.82 Å². The van der Waals surface area contributed by atoms with Crippen molar-refractivity contribution < 1.29 is 13.9 Å². The van der Waals surface area contributed by atoms with Crippen molar-refractivity contribution in [2.75, 3.05) is 12.8 Å². The molecule has 0 radical (unpaired) electrons. The number of ether oxygens (including phenoxy) is 1. The molecule has 0 aliphatic heterocycles. The summed E-state index contributed by atoms with van der Waals surface area (Å²) in [7, 11) is 1.59. The first-order chi connectivity index (χ1) is 12.1. The number of amides is 1. The van der Waals surface area contributed by atoms with Crippen LogP contribution in [0.1, 0.15) is 15.2 Å². The van der Waals surface area contributed by atoms with E-state index in [0.29, 0.717) is 28.4 Å². The van der Waals surface area contributed by atoms with Gasteiger partial charge in [-0.15, -0.1) is 0 Å². The van der Waals surface area contributed by atoms with E-state index in [1.807, 2.05) is 24.3 Å². The lowest BCUT2D eigenvalue weighted by Crippen LogP contribution is -2.22. The van der Waals surface area contributed by atoms with Crippen LogP contribution in [-0.4, -0.2) is 17.4 Å². The van der Waals surface area contributed by atoms with Gasteiger partial charge in [0.1, 0.15) is 22.1 Å². The molecule has 2 aromatic carbocycles. The number of carbonyl (C=O) groups is 1. The third-order valence-electron chi connectivity index (χ3n) is 3.64. The van der Waals surface area contributed by atoms with Crippen LogP contribution in [0.2, 0.25) is 0 Å². The van der Waals surface area contributed by atoms with E-state index in [0.717, 1.165) is 22.8 Å². The Balaban J connectivity index is 1.73. The average Bonchev–Trinajstić information content (AvgIpc) is 3.02. The summed E-state index contributed by atoms with van der Waals surface area (Å²) >= 11 is 1.02. The van der Waals surface area contributed by atoms with Crippen molar-refractivity contribution in [3.8, 4) is 17.0 Å². The fourth-order valence-electron chi connectivity index (χ4n) is 2.32. The van der Waals surface area contributed by atoms with E-state index in [4.69, 9.17) is 10.5 Å². The first-order valence-corrected chi connectivity index (χ1v) is 8.28. The lowest BCUT2D eigenvalue weighted by molar-refractivity contribution is 0.0955. The number of rotatable bonds is 5. The van der Waals surface area contributed by atoms with Crippen LogP contribution in [-0.2, 0) is 6.54 Å². The summed E-state index contributed by atoms with van der Waals surface area (Å²) in [5.41, 5.74) is 8.42. The number of nitrogen functional groups attached to an aromatic ring is 1. The molecule has 3 N–H and O–H groups in total. The zero-order valence-corrected chi connectivity index (χ0v) is 14.3. The average molecular weight is 357 g/mol. The van der Waals surface area contributed by atoms with Crippen molar-refractivity contribution in [1.82, 2.24) is 9.69 Å². The maximum absolute atomic E-state index is 13.0. The minimum atomic E-state index is -0.339. The van der Waals surface area contributed by atoms with Crippen LogP contribution in [0.25, 0.3) is 11.3 Å². The molecule has 0 unspecified atom stereocenters. The number of methoxy groups -OCH3 is 1. The molecule has 0 atom stereocenters. The summed E-state index contributed by atoms with van der Waals surface area (Å²) in [5.74, 6) is 0.0858. The zero-order valence-electron chi connectivity index (χ0n) is 13.5. The number of carbonyl (C=O) groups excluding carboxylic acids is 1. The predicted octanol–water partition coefficient (Wildman–Crippen LogP) is 3.47. The lowest BCUT2D eigenvalue weighted by atomic mass is 10.1. The molecule has 128 valence electrons. The largest absolute Gasteiger partial charge is 0.497 e. The Morgan fingerprint density at radius 1 is 1.28 bits per heavy atom. The molecule has 0 spiro atoms. The van der Waals surface area contributed by atoms with Gasteiger partial charge in [0.05, 0.1) is 12.8 Å². The molecule has 1 aromatic heterocycles. The van der Waals surface area contributed by atoms with Gasteiger partial charge in [-0.05, 0) is 53.5 Å². The number of hydrogen-bond acceptors (Lipinski definition) is 5. The van der Waals surface area contributed by atoms with Crippen LogP contribution >= 0.6 is 11.5 Å². The Kier molecular flexibility index (Phi) is 4.95. The summed E-state index contributed by atoms with van der Waals surface area (Å²) in [6.45, 7) is 0.346. The van der Waals surface area contributed by atoms with Gasteiger partial charge >= 0.3 is 0 Å². The summed E-state index contributed by atoms with van der Waals surface area (Å²) < 4.78 is 22.4. The molecule has 3 aromatic rings. The van der Waals surface area contributed by atoms with E-state index in [-0.39, 0.29) is 11.7 Å². The molecule has 0 aliphatic rings. The van der Waals surface area contributed by atoms with Crippen LogP contribution in [0.3, 0.4) is 0 Å². The highest BCUT2D eigenvalue weighted by Crippen LogP contribution is 2.30. The number of halogens is 1. The van der Waals surface area contributed by atoms with Crippen molar-refractivity contribution in [3.63, 3.8) is 0 Å². The Morgan fingerprint density at radius 3 is 2.76 bits per heavy atom. The number of benzene rings is 2. The monoisotopic (exact) mass is 357 g/mol. The number of hydrogen-bond donors (Lipinski definition) is 2. The normalized spacial score (nSPS) is 10.5. The van der Waals surface area contributed by atoms with Crippen LogP contribution in [0.4, 0.5) is 10.1 Å². The minimum Gasteiger partial charge on any atom is -0.497 e. The standard InChI is InChI=1S/C18H16FN3O2S/c1-24-14-4-2-3-11(9-14)10-21-18(23)17-15(20)16(22-25-17)12-5-7-13(19)8-6-12/h2-9H,10,20H2,1H3,(H,21,23). The lowest BCUT2D eigenvalue weighted by Gasteiger charge is -2.06. The van der Waals surface area contributed by atoms with Crippen LogP contribution < -0.4 is 15.8 Å². The van der Waals surface area contributed by atoms with Gasteiger partial charge in [-0.2, -0.15) is 4.37 Å². The molecule has 0 saturated heterocycles. The molecule has 5 nitrogen and oxygen atoms in total. The summed E-state index contributed by atoms with van der Waals surface area (Å²) in [6, 6.07) is 13.3. The van der Waals surface area contributed by atoms with Crippen LogP contribution in [0.5, 0.6) is 5.75 Å². The molecular weight excluding hydrogens is 341 g/mol. The van der Waals surface area contributed by atoms with E-state index < -0.39 is 0 Å². The predicted molar refractivity (Wildman–Crippen MR) is 96.1 cm³/mol. The van der Waals surface area contributed by atoms with Gasteiger partial charge in [0.15, 0.2) is 0 Å². The molecule has 1 amide bonds. The molecule has 0 saturated carbocycles. The van der Waals surface area contributed by atoms with E-state index in [1.165, 1.54) is 12.1 Å². The van der Waals surface area contributed by atoms with Gasteiger partial charge < -0.3 is 15.8 Å². The SMILES string of the molecule is COc1cccc(CNC(=O)c2snc(-c3ccc(F)cc3)c2N)c1. The maximum atomic E-state index is 13.0. The Hall–Kier alpha value is -2.93. The first kappa shape index (κ1) is 16.9. The van der Waals surface area contributed by atoms with E-state index in [1.54, 1.807) is 19.2 Å². The van der Waals surface area contributed by atoms with Gasteiger partial charge in [-0.1, -0.05) is 12.1 Å². The topological polar surface area (TPSA) is 77.2 Å². The highest BCUT2D eigenvalue weighted by molar-refractivity contribution is 7.09. The second-order valence-electron chi connectivity index (χ2n) is 5.32. The van der Waals surface area contributed by atoms with E-state index in [9.17, 15) is 9.18 Å².